The fraction of sp³-hybridized carbons (Fsp3) is 0.400. The summed E-state index contributed by atoms with van der Waals surface area (Å²) in [5.74, 6) is -1.03. The molecule has 1 aromatic carbocycles. The van der Waals surface area contributed by atoms with E-state index in [4.69, 9.17) is 15.5 Å². The molecule has 0 radical (unpaired) electrons. The van der Waals surface area contributed by atoms with Gasteiger partial charge in [-0.05, 0) is 45.7 Å². The van der Waals surface area contributed by atoms with Crippen LogP contribution in [0.15, 0.2) is 35.0 Å². The summed E-state index contributed by atoms with van der Waals surface area (Å²) in [6.45, 7) is 6.56. The number of aryl methyl sites for hydroxylation is 2. The van der Waals surface area contributed by atoms with Crippen molar-refractivity contribution in [3.8, 4) is 11.3 Å². The molecule has 2 N–H and O–H groups in total. The molecule has 1 aliphatic carbocycles. The molecule has 0 unspecified atom stereocenters. The van der Waals surface area contributed by atoms with Crippen LogP contribution in [0.5, 0.6) is 0 Å². The van der Waals surface area contributed by atoms with Crippen LogP contribution < -0.4 is 10.6 Å². The first kappa shape index (κ1) is 23.2. The smallest absolute Gasteiger partial charge is 0.228 e. The van der Waals surface area contributed by atoms with Crippen molar-refractivity contribution >= 4 is 23.3 Å². The molecule has 3 aromatic rings. The van der Waals surface area contributed by atoms with E-state index >= 15 is 0 Å². The van der Waals surface area contributed by atoms with Crippen LogP contribution in [0.3, 0.4) is 0 Å². The summed E-state index contributed by atoms with van der Waals surface area (Å²) in [4.78, 5) is 25.1. The van der Waals surface area contributed by atoms with E-state index in [0.717, 1.165) is 24.5 Å². The molecular formula is C25H27F2N7O. The quantitative estimate of drug-likeness (QED) is 0.557. The van der Waals surface area contributed by atoms with Crippen molar-refractivity contribution in [2.24, 2.45) is 10.7 Å². The van der Waals surface area contributed by atoms with Crippen LogP contribution in [0, 0.1) is 25.5 Å². The number of anilines is 1. The Hall–Kier alpha value is -3.53. The van der Waals surface area contributed by atoms with Crippen molar-refractivity contribution in [3.05, 3.63) is 53.0 Å². The highest BCUT2D eigenvalue weighted by molar-refractivity contribution is 5.88. The lowest BCUT2D eigenvalue weighted by molar-refractivity contribution is 0.00666. The Kier molecular flexibility index (Phi) is 6.14. The number of hydrogen-bond donors (Lipinski definition) is 1. The van der Waals surface area contributed by atoms with Gasteiger partial charge < -0.3 is 15.4 Å². The van der Waals surface area contributed by atoms with E-state index < -0.39 is 11.6 Å². The van der Waals surface area contributed by atoms with Crippen molar-refractivity contribution in [2.45, 2.75) is 51.9 Å². The second-order valence-corrected chi connectivity index (χ2v) is 9.08. The summed E-state index contributed by atoms with van der Waals surface area (Å²) in [7, 11) is 0. The van der Waals surface area contributed by atoms with Gasteiger partial charge in [-0.2, -0.15) is 4.98 Å². The first-order valence-electron chi connectivity index (χ1n) is 11.7. The molecule has 5 rings (SSSR count). The van der Waals surface area contributed by atoms with E-state index in [2.05, 4.69) is 19.9 Å². The molecule has 2 aliphatic rings. The Labute approximate surface area is 202 Å². The molecule has 1 aliphatic heterocycles. The molecule has 3 heterocycles. The highest BCUT2D eigenvalue weighted by Crippen LogP contribution is 2.31. The molecule has 2 fully saturated rings. The number of ether oxygens (including phenoxy) is 1. The molecule has 1 saturated carbocycles. The van der Waals surface area contributed by atoms with Gasteiger partial charge in [-0.25, -0.2) is 23.7 Å². The third-order valence-electron chi connectivity index (χ3n) is 6.21. The van der Waals surface area contributed by atoms with Crippen molar-refractivity contribution in [3.63, 3.8) is 0 Å². The molecule has 2 aromatic heterocycles. The van der Waals surface area contributed by atoms with E-state index in [0.29, 0.717) is 47.6 Å². The van der Waals surface area contributed by atoms with Crippen LogP contribution in [0.4, 0.5) is 14.7 Å². The first-order valence-corrected chi connectivity index (χ1v) is 11.7. The van der Waals surface area contributed by atoms with E-state index in [1.165, 1.54) is 18.3 Å². The van der Waals surface area contributed by atoms with Crippen LogP contribution in [0.1, 0.15) is 31.2 Å². The minimum absolute atomic E-state index is 0.134. The molecule has 1 saturated heterocycles. The third kappa shape index (κ3) is 4.84. The van der Waals surface area contributed by atoms with Crippen LogP contribution in [0.25, 0.3) is 22.4 Å². The molecule has 0 bridgehead atoms. The highest BCUT2D eigenvalue weighted by atomic mass is 19.1. The Balaban J connectivity index is 1.58. The monoisotopic (exact) mass is 479 g/mol. The molecular weight excluding hydrogens is 452 g/mol. The number of nitrogens with zero attached hydrogens (tertiary/aromatic N) is 6. The van der Waals surface area contributed by atoms with Crippen molar-refractivity contribution < 1.29 is 13.5 Å². The van der Waals surface area contributed by atoms with Gasteiger partial charge in [0.05, 0.1) is 30.1 Å². The normalized spacial score (nSPS) is 21.3. The maximum absolute atomic E-state index is 14.8. The molecule has 182 valence electrons. The number of nitrogens with two attached hydrogens (primary N) is 1. The Morgan fingerprint density at radius 3 is 2.60 bits per heavy atom. The molecule has 35 heavy (non-hydrogen) atoms. The van der Waals surface area contributed by atoms with Gasteiger partial charge in [0.1, 0.15) is 28.9 Å². The van der Waals surface area contributed by atoms with Crippen LogP contribution in [0.2, 0.25) is 0 Å². The van der Waals surface area contributed by atoms with Gasteiger partial charge in [-0.1, -0.05) is 0 Å². The number of aliphatic imine (C=N–C) groups is 1. The number of fused-ring (bicyclic) bond motifs is 1. The Bertz CT molecular complexity index is 1340. The summed E-state index contributed by atoms with van der Waals surface area (Å²) in [5, 5.41) is 0. The zero-order valence-corrected chi connectivity index (χ0v) is 19.9. The van der Waals surface area contributed by atoms with Crippen molar-refractivity contribution in [1.29, 1.82) is 0 Å². The van der Waals surface area contributed by atoms with Gasteiger partial charge >= 0.3 is 0 Å². The highest BCUT2D eigenvalue weighted by Gasteiger charge is 2.30. The number of hydrogen-bond acceptors (Lipinski definition) is 8. The lowest BCUT2D eigenvalue weighted by Crippen LogP contribution is -2.48. The van der Waals surface area contributed by atoms with E-state index in [9.17, 15) is 8.78 Å². The number of rotatable bonds is 5. The fourth-order valence-electron chi connectivity index (χ4n) is 4.06. The second kappa shape index (κ2) is 9.26. The van der Waals surface area contributed by atoms with Gasteiger partial charge in [0, 0.05) is 36.2 Å². The SMILES string of the molecule is Cc1nc2nc(N3C[C@@H](C)O[C@H](/C(C=NC4CC4)=C/N)C3)nc(-c3ccc(F)cc3F)c2nc1C. The Morgan fingerprint density at radius 1 is 1.11 bits per heavy atom. The topological polar surface area (TPSA) is 102 Å². The number of halogens is 2. The third-order valence-corrected chi connectivity index (χ3v) is 6.21. The van der Waals surface area contributed by atoms with Crippen LogP contribution in [-0.4, -0.2) is 57.5 Å². The largest absolute Gasteiger partial charge is 0.404 e. The number of benzene rings is 1. The van der Waals surface area contributed by atoms with Crippen molar-refractivity contribution in [2.75, 3.05) is 18.0 Å². The number of aromatic nitrogens is 4. The summed E-state index contributed by atoms with van der Waals surface area (Å²) in [5.41, 5.74) is 9.18. The summed E-state index contributed by atoms with van der Waals surface area (Å²) < 4.78 is 34.6. The van der Waals surface area contributed by atoms with Gasteiger partial charge in [-0.15, -0.1) is 0 Å². The average molecular weight is 480 g/mol. The first-order chi connectivity index (χ1) is 16.8. The van der Waals surface area contributed by atoms with Gasteiger partial charge in [0.25, 0.3) is 0 Å². The molecule has 2 atom stereocenters. The minimum Gasteiger partial charge on any atom is -0.404 e. The maximum atomic E-state index is 14.8. The summed E-state index contributed by atoms with van der Waals surface area (Å²) >= 11 is 0. The Morgan fingerprint density at radius 2 is 1.89 bits per heavy atom. The minimum atomic E-state index is -0.728. The molecule has 0 spiro atoms. The van der Waals surface area contributed by atoms with E-state index in [1.807, 2.05) is 25.7 Å². The van der Waals surface area contributed by atoms with E-state index in [-0.39, 0.29) is 23.5 Å². The molecule has 10 heteroatoms. The van der Waals surface area contributed by atoms with Gasteiger partial charge in [0.15, 0.2) is 5.65 Å². The van der Waals surface area contributed by atoms with Crippen LogP contribution in [-0.2, 0) is 4.74 Å². The molecule has 0 amide bonds. The summed E-state index contributed by atoms with van der Waals surface area (Å²) in [6.07, 6.45) is 5.02. The van der Waals surface area contributed by atoms with Gasteiger partial charge in [-0.3, -0.25) is 4.99 Å². The summed E-state index contributed by atoms with van der Waals surface area (Å²) in [6, 6.07) is 3.76. The lowest BCUT2D eigenvalue weighted by atomic mass is 10.1. The zero-order valence-electron chi connectivity index (χ0n) is 19.9. The predicted octanol–water partition coefficient (Wildman–Crippen LogP) is 3.65. The maximum Gasteiger partial charge on any atom is 0.228 e. The fourth-order valence-corrected chi connectivity index (χ4v) is 4.06. The average Bonchev–Trinajstić information content (AvgIpc) is 3.64. The second-order valence-electron chi connectivity index (χ2n) is 9.08. The van der Waals surface area contributed by atoms with Gasteiger partial charge in [0.2, 0.25) is 5.95 Å². The van der Waals surface area contributed by atoms with E-state index in [1.54, 1.807) is 6.21 Å². The lowest BCUT2D eigenvalue weighted by Gasteiger charge is -2.37. The standard InChI is InChI=1S/C25H27F2N7O/c1-13-11-34(12-21(35-13)16(9-28)10-29-18-5-6-18)25-32-22(19-7-4-17(26)8-20(19)27)23-24(33-25)31-15(3)14(2)30-23/h4,7-10,13,18,21H,5-6,11-12,28H2,1-3H3/b16-9+,29-10?/t13-,21+/m1/s1. The molecule has 8 nitrogen and oxygen atoms in total. The number of morpholine rings is 1. The van der Waals surface area contributed by atoms with Crippen LogP contribution >= 0.6 is 0 Å². The zero-order chi connectivity index (χ0) is 24.7. The predicted molar refractivity (Wildman–Crippen MR) is 130 cm³/mol. The van der Waals surface area contributed by atoms with Crippen molar-refractivity contribution in [1.82, 2.24) is 19.9 Å².